The summed E-state index contributed by atoms with van der Waals surface area (Å²) in [5, 5.41) is 0. The molecule has 1 aliphatic heterocycles. The van der Waals surface area contributed by atoms with Crippen molar-refractivity contribution in [1.82, 2.24) is 4.31 Å². The lowest BCUT2D eigenvalue weighted by Gasteiger charge is -2.20. The summed E-state index contributed by atoms with van der Waals surface area (Å²) in [4.78, 5) is 13.7. The first-order valence-electron chi connectivity index (χ1n) is 8.52. The van der Waals surface area contributed by atoms with Gasteiger partial charge in [-0.2, -0.15) is 4.31 Å². The van der Waals surface area contributed by atoms with Gasteiger partial charge in [-0.3, -0.25) is 4.79 Å². The van der Waals surface area contributed by atoms with E-state index in [9.17, 15) is 13.2 Å². The zero-order valence-corrected chi connectivity index (χ0v) is 17.6. The minimum absolute atomic E-state index is 0.0736. The fourth-order valence-corrected chi connectivity index (χ4v) is 4.65. The second-order valence-corrected chi connectivity index (χ2v) is 9.32. The van der Waals surface area contributed by atoms with E-state index in [4.69, 9.17) is 4.74 Å². The Bertz CT molecular complexity index is 945. The van der Waals surface area contributed by atoms with Crippen molar-refractivity contribution < 1.29 is 17.9 Å². The van der Waals surface area contributed by atoms with Crippen LogP contribution in [0.5, 0.6) is 5.75 Å². The number of nitrogens with zero attached hydrogens (tertiary/aromatic N) is 2. The molecule has 0 bridgehead atoms. The van der Waals surface area contributed by atoms with Gasteiger partial charge in [0.2, 0.25) is 15.9 Å². The van der Waals surface area contributed by atoms with Crippen LogP contribution in [0.25, 0.3) is 0 Å². The van der Waals surface area contributed by atoms with Crippen LogP contribution >= 0.6 is 15.9 Å². The summed E-state index contributed by atoms with van der Waals surface area (Å²) in [7, 11) is -0.579. The molecule has 0 unspecified atom stereocenters. The highest BCUT2D eigenvalue weighted by molar-refractivity contribution is 9.10. The molecular formula is C19H21BrN2O4S. The number of methoxy groups -OCH3 is 1. The molecule has 0 radical (unpaired) electrons. The molecule has 8 heteroatoms. The third-order valence-corrected chi connectivity index (χ3v) is 6.88. The van der Waals surface area contributed by atoms with Gasteiger partial charge in [0.25, 0.3) is 0 Å². The number of hydrogen-bond donors (Lipinski definition) is 0. The van der Waals surface area contributed by atoms with Crippen LogP contribution in [0.1, 0.15) is 18.4 Å². The number of hydrogen-bond acceptors (Lipinski definition) is 4. The van der Waals surface area contributed by atoms with E-state index >= 15 is 0 Å². The molecule has 0 spiro atoms. The highest BCUT2D eigenvalue weighted by Gasteiger charge is 2.25. The molecule has 27 heavy (non-hydrogen) atoms. The van der Waals surface area contributed by atoms with E-state index in [1.165, 1.54) is 11.4 Å². The van der Waals surface area contributed by atoms with Crippen LogP contribution in [-0.2, 0) is 21.4 Å². The SMILES string of the molecule is COc1ccc(Br)cc1CN(C)S(=O)(=O)c1ccc(N2CCCC2=O)cc1. The summed E-state index contributed by atoms with van der Waals surface area (Å²) < 4.78 is 33.3. The van der Waals surface area contributed by atoms with E-state index in [0.29, 0.717) is 18.7 Å². The Hall–Kier alpha value is -1.90. The minimum Gasteiger partial charge on any atom is -0.496 e. The second kappa shape index (κ2) is 8.00. The Kier molecular flexibility index (Phi) is 5.88. The molecule has 2 aromatic carbocycles. The van der Waals surface area contributed by atoms with Crippen LogP contribution in [-0.4, -0.2) is 39.3 Å². The van der Waals surface area contributed by atoms with Gasteiger partial charge in [0.1, 0.15) is 5.75 Å². The number of rotatable bonds is 6. The lowest BCUT2D eigenvalue weighted by Crippen LogP contribution is -2.27. The molecule has 1 aliphatic rings. The van der Waals surface area contributed by atoms with Gasteiger partial charge >= 0.3 is 0 Å². The Morgan fingerprint density at radius 2 is 1.89 bits per heavy atom. The zero-order chi connectivity index (χ0) is 19.6. The first kappa shape index (κ1) is 19.9. The van der Waals surface area contributed by atoms with Crippen molar-refractivity contribution >= 4 is 37.5 Å². The molecule has 0 aromatic heterocycles. The maximum atomic E-state index is 12.9. The normalized spacial score (nSPS) is 14.8. The standard InChI is InChI=1S/C19H21BrN2O4S/c1-21(13-14-12-15(20)5-10-18(14)26-2)27(24,25)17-8-6-16(7-9-17)22-11-3-4-19(22)23/h5-10,12H,3-4,11,13H2,1-2H3. The third-order valence-electron chi connectivity index (χ3n) is 4.57. The van der Waals surface area contributed by atoms with Crippen LogP contribution in [0.15, 0.2) is 51.8 Å². The van der Waals surface area contributed by atoms with Crippen LogP contribution < -0.4 is 9.64 Å². The Morgan fingerprint density at radius 1 is 1.19 bits per heavy atom. The summed E-state index contributed by atoms with van der Waals surface area (Å²) in [5.74, 6) is 0.701. The number of benzene rings is 2. The summed E-state index contributed by atoms with van der Waals surface area (Å²) >= 11 is 3.40. The molecule has 0 aliphatic carbocycles. The minimum atomic E-state index is -3.67. The molecule has 0 atom stereocenters. The number of halogens is 1. The summed E-state index contributed by atoms with van der Waals surface area (Å²) in [6.07, 6.45) is 1.37. The highest BCUT2D eigenvalue weighted by Crippen LogP contribution is 2.27. The van der Waals surface area contributed by atoms with Crippen molar-refractivity contribution in [3.63, 3.8) is 0 Å². The van der Waals surface area contributed by atoms with Crippen molar-refractivity contribution in [2.24, 2.45) is 0 Å². The van der Waals surface area contributed by atoms with Gasteiger partial charge in [-0.25, -0.2) is 8.42 Å². The topological polar surface area (TPSA) is 66.9 Å². The van der Waals surface area contributed by atoms with Crippen molar-refractivity contribution in [3.05, 3.63) is 52.5 Å². The summed E-state index contributed by atoms with van der Waals surface area (Å²) in [6, 6.07) is 11.9. The quantitative estimate of drug-likeness (QED) is 0.673. The number of anilines is 1. The van der Waals surface area contributed by atoms with Gasteiger partial charge in [0.15, 0.2) is 0 Å². The predicted molar refractivity (Wildman–Crippen MR) is 107 cm³/mol. The molecule has 1 fully saturated rings. The van der Waals surface area contributed by atoms with E-state index in [1.54, 1.807) is 42.3 Å². The van der Waals surface area contributed by atoms with Crippen LogP contribution in [0.4, 0.5) is 5.69 Å². The first-order valence-corrected chi connectivity index (χ1v) is 10.8. The average Bonchev–Trinajstić information content (AvgIpc) is 3.08. The molecule has 1 heterocycles. The molecule has 2 aromatic rings. The monoisotopic (exact) mass is 452 g/mol. The molecule has 144 valence electrons. The molecular weight excluding hydrogens is 432 g/mol. The Morgan fingerprint density at radius 3 is 2.48 bits per heavy atom. The van der Waals surface area contributed by atoms with Crippen molar-refractivity contribution in [3.8, 4) is 5.75 Å². The zero-order valence-electron chi connectivity index (χ0n) is 15.2. The highest BCUT2D eigenvalue weighted by atomic mass is 79.9. The van der Waals surface area contributed by atoms with E-state index < -0.39 is 10.0 Å². The second-order valence-electron chi connectivity index (χ2n) is 6.36. The van der Waals surface area contributed by atoms with Crippen molar-refractivity contribution in [2.45, 2.75) is 24.3 Å². The van der Waals surface area contributed by atoms with Gasteiger partial charge < -0.3 is 9.64 Å². The van der Waals surface area contributed by atoms with Gasteiger partial charge in [-0.05, 0) is 48.9 Å². The smallest absolute Gasteiger partial charge is 0.243 e. The fourth-order valence-electron chi connectivity index (χ4n) is 3.09. The molecule has 6 nitrogen and oxygen atoms in total. The van der Waals surface area contributed by atoms with E-state index in [1.807, 2.05) is 12.1 Å². The van der Waals surface area contributed by atoms with E-state index in [2.05, 4.69) is 15.9 Å². The Balaban J connectivity index is 1.81. The predicted octanol–water partition coefficient (Wildman–Crippen LogP) is 3.41. The average molecular weight is 453 g/mol. The van der Waals surface area contributed by atoms with Crippen molar-refractivity contribution in [1.29, 1.82) is 0 Å². The van der Waals surface area contributed by atoms with E-state index in [0.717, 1.165) is 22.1 Å². The number of sulfonamides is 1. The maximum absolute atomic E-state index is 12.9. The lowest BCUT2D eigenvalue weighted by atomic mass is 10.2. The number of amides is 1. The summed E-state index contributed by atoms with van der Waals surface area (Å²) in [5.41, 5.74) is 1.49. The molecule has 0 saturated carbocycles. The van der Waals surface area contributed by atoms with Crippen molar-refractivity contribution in [2.75, 3.05) is 25.6 Å². The van der Waals surface area contributed by atoms with Gasteiger partial charge in [0, 0.05) is 42.3 Å². The van der Waals surface area contributed by atoms with Gasteiger partial charge in [0.05, 0.1) is 12.0 Å². The number of carbonyl (C=O) groups is 1. The van der Waals surface area contributed by atoms with E-state index in [-0.39, 0.29) is 17.3 Å². The first-order chi connectivity index (χ1) is 12.8. The van der Waals surface area contributed by atoms with Gasteiger partial charge in [-0.1, -0.05) is 15.9 Å². The largest absolute Gasteiger partial charge is 0.496 e. The summed E-state index contributed by atoms with van der Waals surface area (Å²) in [6.45, 7) is 0.852. The lowest BCUT2D eigenvalue weighted by molar-refractivity contribution is -0.117. The maximum Gasteiger partial charge on any atom is 0.243 e. The number of ether oxygens (including phenoxy) is 1. The number of carbonyl (C=O) groups excluding carboxylic acids is 1. The molecule has 1 saturated heterocycles. The van der Waals surface area contributed by atoms with Crippen LogP contribution in [0.3, 0.4) is 0 Å². The Labute approximate surface area is 167 Å². The molecule has 3 rings (SSSR count). The van der Waals surface area contributed by atoms with Gasteiger partial charge in [-0.15, -0.1) is 0 Å². The fraction of sp³-hybridized carbons (Fsp3) is 0.316. The molecule has 1 amide bonds. The van der Waals surface area contributed by atoms with Crippen LogP contribution in [0, 0.1) is 0 Å². The molecule has 0 N–H and O–H groups in total. The third kappa shape index (κ3) is 4.17. The van der Waals surface area contributed by atoms with Crippen LogP contribution in [0.2, 0.25) is 0 Å².